The number of anilines is 1. The second-order valence-corrected chi connectivity index (χ2v) is 8.43. The van der Waals surface area contributed by atoms with Gasteiger partial charge in [-0.15, -0.1) is 6.58 Å². The Morgan fingerprint density at radius 1 is 1.09 bits per heavy atom. The summed E-state index contributed by atoms with van der Waals surface area (Å²) in [5.74, 6) is -1.06. The Balaban J connectivity index is 1.98. The molecule has 1 atom stereocenters. The molecule has 0 fully saturated rings. The number of ether oxygens (including phenoxy) is 2. The minimum absolute atomic E-state index is 0.0537. The first-order valence-electron chi connectivity index (χ1n) is 10.7. The number of amides is 3. The predicted octanol–water partition coefficient (Wildman–Crippen LogP) is 4.66. The van der Waals surface area contributed by atoms with E-state index < -0.39 is 35.6 Å². The third-order valence-corrected chi connectivity index (χ3v) is 4.38. The third-order valence-electron chi connectivity index (χ3n) is 4.38. The summed E-state index contributed by atoms with van der Waals surface area (Å²) in [6, 6.07) is 11.9. The molecule has 0 saturated heterocycles. The fraction of sp³-hybridized carbons (Fsp3) is 0.320. The summed E-state index contributed by atoms with van der Waals surface area (Å²) in [5, 5.41) is 7.69. The summed E-state index contributed by atoms with van der Waals surface area (Å²) >= 11 is 0. The van der Waals surface area contributed by atoms with E-state index in [0.29, 0.717) is 5.56 Å². The maximum absolute atomic E-state index is 13.8. The second-order valence-electron chi connectivity index (χ2n) is 8.43. The normalized spacial score (nSPS) is 11.6. The molecule has 0 radical (unpaired) electrons. The van der Waals surface area contributed by atoms with Crippen molar-refractivity contribution in [2.45, 2.75) is 52.0 Å². The molecule has 0 aliphatic heterocycles. The molecule has 0 saturated carbocycles. The zero-order valence-corrected chi connectivity index (χ0v) is 19.5. The Labute approximate surface area is 198 Å². The van der Waals surface area contributed by atoms with Crippen LogP contribution in [0.2, 0.25) is 0 Å². The van der Waals surface area contributed by atoms with Crippen LogP contribution in [0.1, 0.15) is 38.3 Å². The lowest BCUT2D eigenvalue weighted by Crippen LogP contribution is -2.46. The van der Waals surface area contributed by atoms with Crippen LogP contribution in [-0.2, 0) is 27.4 Å². The van der Waals surface area contributed by atoms with Crippen LogP contribution in [0, 0.1) is 5.82 Å². The van der Waals surface area contributed by atoms with Gasteiger partial charge in [-0.25, -0.2) is 14.0 Å². The molecule has 0 bridgehead atoms. The number of nitrogens with one attached hydrogen (secondary N) is 3. The van der Waals surface area contributed by atoms with Crippen LogP contribution in [0.4, 0.5) is 19.7 Å². The van der Waals surface area contributed by atoms with Crippen LogP contribution in [-0.4, -0.2) is 29.7 Å². The molecule has 0 aliphatic carbocycles. The Hall–Kier alpha value is -3.88. The molecule has 0 aliphatic rings. The number of benzene rings is 2. The number of carbonyl (C=O) groups is 3. The summed E-state index contributed by atoms with van der Waals surface area (Å²) in [7, 11) is 0. The summed E-state index contributed by atoms with van der Waals surface area (Å²) in [4.78, 5) is 36.9. The van der Waals surface area contributed by atoms with Gasteiger partial charge < -0.3 is 20.1 Å². The quantitative estimate of drug-likeness (QED) is 0.461. The molecule has 0 spiro atoms. The monoisotopic (exact) mass is 471 g/mol. The van der Waals surface area contributed by atoms with Crippen molar-refractivity contribution in [1.29, 1.82) is 0 Å². The molecule has 9 heteroatoms. The number of rotatable bonds is 9. The lowest BCUT2D eigenvalue weighted by Gasteiger charge is -2.21. The molecule has 2 aromatic rings. The second kappa shape index (κ2) is 12.4. The molecule has 8 nitrogen and oxygen atoms in total. The largest absolute Gasteiger partial charge is 0.445 e. The van der Waals surface area contributed by atoms with Crippen molar-refractivity contribution in [3.8, 4) is 0 Å². The van der Waals surface area contributed by atoms with Gasteiger partial charge in [0.05, 0.1) is 0 Å². The van der Waals surface area contributed by atoms with Crippen LogP contribution < -0.4 is 16.0 Å². The van der Waals surface area contributed by atoms with Gasteiger partial charge in [-0.05, 0) is 56.5 Å². The van der Waals surface area contributed by atoms with Gasteiger partial charge >= 0.3 is 12.2 Å². The van der Waals surface area contributed by atoms with Crippen molar-refractivity contribution < 1.29 is 28.2 Å². The van der Waals surface area contributed by atoms with E-state index in [1.807, 2.05) is 30.3 Å². The smallest absolute Gasteiger partial charge is 0.412 e. The lowest BCUT2D eigenvalue weighted by atomic mass is 10.1. The first-order valence-corrected chi connectivity index (χ1v) is 10.7. The van der Waals surface area contributed by atoms with E-state index in [0.717, 1.165) is 5.56 Å². The first-order chi connectivity index (χ1) is 16.1. The Morgan fingerprint density at radius 3 is 2.44 bits per heavy atom. The topological polar surface area (TPSA) is 106 Å². The van der Waals surface area contributed by atoms with E-state index in [1.165, 1.54) is 24.3 Å². The zero-order chi connectivity index (χ0) is 25.1. The first kappa shape index (κ1) is 26.4. The minimum Gasteiger partial charge on any atom is -0.445 e. The molecule has 0 aromatic heterocycles. The van der Waals surface area contributed by atoms with Crippen molar-refractivity contribution in [2.24, 2.45) is 0 Å². The van der Waals surface area contributed by atoms with Gasteiger partial charge in [0.2, 0.25) is 5.91 Å². The van der Waals surface area contributed by atoms with Gasteiger partial charge in [0.25, 0.3) is 0 Å². The van der Waals surface area contributed by atoms with Crippen LogP contribution in [0.25, 0.3) is 0 Å². The molecule has 3 amide bonds. The highest BCUT2D eigenvalue weighted by atomic mass is 19.1. The minimum atomic E-state index is -0.948. The van der Waals surface area contributed by atoms with Crippen molar-refractivity contribution in [1.82, 2.24) is 10.6 Å². The van der Waals surface area contributed by atoms with Crippen molar-refractivity contribution in [2.75, 3.05) is 5.32 Å². The molecule has 3 N–H and O–H groups in total. The lowest BCUT2D eigenvalue weighted by molar-refractivity contribution is -0.123. The number of alkyl carbamates (subject to hydrolysis) is 1. The number of halogens is 1. The molecule has 34 heavy (non-hydrogen) atoms. The molecular weight excluding hydrogens is 441 g/mol. The van der Waals surface area contributed by atoms with Crippen LogP contribution >= 0.6 is 0 Å². The van der Waals surface area contributed by atoms with E-state index in [4.69, 9.17) is 9.47 Å². The van der Waals surface area contributed by atoms with E-state index in [2.05, 4.69) is 22.5 Å². The molecule has 1 unspecified atom stereocenters. The third kappa shape index (κ3) is 9.32. The van der Waals surface area contributed by atoms with Crippen molar-refractivity contribution in [3.05, 3.63) is 78.1 Å². The standard InChI is InChI=1S/C25H30FN3O5/c1-5-9-21(29-23(31)33-16-17-10-7-6-8-11-17)22(30)27-15-18-14-19(26)12-13-20(18)28-24(32)34-25(2,3)4/h5-8,10-14,21H,1,9,15-16H2,2-4H3,(H,27,30)(H,28,32)(H,29,31). The fourth-order valence-electron chi connectivity index (χ4n) is 2.85. The van der Waals surface area contributed by atoms with Gasteiger partial charge in [0.15, 0.2) is 0 Å². The molecule has 0 heterocycles. The van der Waals surface area contributed by atoms with Crippen LogP contribution in [0.3, 0.4) is 0 Å². The fourth-order valence-corrected chi connectivity index (χ4v) is 2.85. The highest BCUT2D eigenvalue weighted by Gasteiger charge is 2.21. The Morgan fingerprint density at radius 2 is 1.79 bits per heavy atom. The predicted molar refractivity (Wildman–Crippen MR) is 126 cm³/mol. The van der Waals surface area contributed by atoms with E-state index in [9.17, 15) is 18.8 Å². The van der Waals surface area contributed by atoms with Gasteiger partial charge in [0, 0.05) is 12.2 Å². The average Bonchev–Trinajstić information content (AvgIpc) is 2.76. The molecule has 2 rings (SSSR count). The summed E-state index contributed by atoms with van der Waals surface area (Å²) < 4.78 is 24.2. The SMILES string of the molecule is C=CCC(NC(=O)OCc1ccccc1)C(=O)NCc1cc(F)ccc1NC(=O)OC(C)(C)C. The summed E-state index contributed by atoms with van der Waals surface area (Å²) in [6.45, 7) is 8.71. The highest BCUT2D eigenvalue weighted by Crippen LogP contribution is 2.19. The number of carbonyl (C=O) groups excluding carboxylic acids is 3. The number of hydrogen-bond donors (Lipinski definition) is 3. The van der Waals surface area contributed by atoms with Gasteiger partial charge in [0.1, 0.15) is 24.1 Å². The zero-order valence-electron chi connectivity index (χ0n) is 19.5. The Kier molecular flexibility index (Phi) is 9.61. The van der Waals surface area contributed by atoms with Crippen LogP contribution in [0.5, 0.6) is 0 Å². The number of hydrogen-bond acceptors (Lipinski definition) is 5. The maximum atomic E-state index is 13.8. The van der Waals surface area contributed by atoms with Gasteiger partial charge in [-0.2, -0.15) is 0 Å². The average molecular weight is 472 g/mol. The van der Waals surface area contributed by atoms with Crippen molar-refractivity contribution >= 4 is 23.8 Å². The molecule has 2 aromatic carbocycles. The molecular formula is C25H30FN3O5. The highest BCUT2D eigenvalue weighted by molar-refractivity contribution is 5.87. The van der Waals surface area contributed by atoms with E-state index in [-0.39, 0.29) is 25.3 Å². The maximum Gasteiger partial charge on any atom is 0.412 e. The van der Waals surface area contributed by atoms with Crippen molar-refractivity contribution in [3.63, 3.8) is 0 Å². The molecule has 182 valence electrons. The van der Waals surface area contributed by atoms with Gasteiger partial charge in [-0.1, -0.05) is 36.4 Å². The van der Waals surface area contributed by atoms with Crippen LogP contribution in [0.15, 0.2) is 61.2 Å². The van der Waals surface area contributed by atoms with E-state index >= 15 is 0 Å². The van der Waals surface area contributed by atoms with Gasteiger partial charge in [-0.3, -0.25) is 10.1 Å². The summed E-state index contributed by atoms with van der Waals surface area (Å²) in [5.41, 5.74) is 0.699. The summed E-state index contributed by atoms with van der Waals surface area (Å²) in [6.07, 6.45) is 0.167. The van der Waals surface area contributed by atoms with E-state index in [1.54, 1.807) is 20.8 Å². The Bertz CT molecular complexity index is 1010.